The SMILES string of the molecule is CCc1nnc(NC(=O)CSc2nnc(-c3cc(OC)c(OC)c(OC)c3)n2-c2ccc(C)cc2)s1. The van der Waals surface area contributed by atoms with E-state index in [0.29, 0.717) is 33.4 Å². The van der Waals surface area contributed by atoms with Gasteiger partial charge in [0.2, 0.25) is 16.8 Å². The van der Waals surface area contributed by atoms with Crippen LogP contribution in [-0.4, -0.2) is 58.0 Å². The quantitative estimate of drug-likeness (QED) is 0.300. The van der Waals surface area contributed by atoms with Crippen LogP contribution in [0.15, 0.2) is 41.6 Å². The average Bonchev–Trinajstić information content (AvgIpc) is 3.53. The molecule has 188 valence electrons. The number of benzene rings is 2. The first-order valence-corrected chi connectivity index (χ1v) is 12.8. The van der Waals surface area contributed by atoms with E-state index >= 15 is 0 Å². The van der Waals surface area contributed by atoms with Gasteiger partial charge >= 0.3 is 0 Å². The van der Waals surface area contributed by atoms with E-state index in [4.69, 9.17) is 14.2 Å². The zero-order chi connectivity index (χ0) is 25.7. The van der Waals surface area contributed by atoms with Crippen molar-refractivity contribution in [1.29, 1.82) is 0 Å². The molecule has 0 radical (unpaired) electrons. The van der Waals surface area contributed by atoms with Crippen molar-refractivity contribution in [3.8, 4) is 34.3 Å². The van der Waals surface area contributed by atoms with Crippen molar-refractivity contribution in [2.45, 2.75) is 25.4 Å². The number of thioether (sulfide) groups is 1. The molecule has 0 fully saturated rings. The van der Waals surface area contributed by atoms with Gasteiger partial charge in [-0.15, -0.1) is 20.4 Å². The Morgan fingerprint density at radius 2 is 1.69 bits per heavy atom. The second-order valence-corrected chi connectivity index (χ2v) is 9.59. The van der Waals surface area contributed by atoms with Gasteiger partial charge in [0.15, 0.2) is 22.5 Å². The van der Waals surface area contributed by atoms with Crippen LogP contribution in [0.3, 0.4) is 0 Å². The summed E-state index contributed by atoms with van der Waals surface area (Å²) >= 11 is 2.64. The van der Waals surface area contributed by atoms with Crippen LogP contribution in [0.4, 0.5) is 5.13 Å². The Bertz CT molecular complexity index is 1330. The van der Waals surface area contributed by atoms with Crippen LogP contribution >= 0.6 is 23.1 Å². The largest absolute Gasteiger partial charge is 0.493 e. The van der Waals surface area contributed by atoms with Crippen molar-refractivity contribution in [1.82, 2.24) is 25.0 Å². The van der Waals surface area contributed by atoms with Crippen molar-refractivity contribution in [2.75, 3.05) is 32.4 Å². The van der Waals surface area contributed by atoms with Gasteiger partial charge in [-0.05, 0) is 37.6 Å². The van der Waals surface area contributed by atoms with Gasteiger partial charge in [0, 0.05) is 11.3 Å². The molecular formula is C24H26N6O4S2. The summed E-state index contributed by atoms with van der Waals surface area (Å²) in [5, 5.41) is 21.6. The highest BCUT2D eigenvalue weighted by molar-refractivity contribution is 7.99. The number of aromatic nitrogens is 5. The Balaban J connectivity index is 1.68. The number of nitrogens with zero attached hydrogens (tertiary/aromatic N) is 5. The van der Waals surface area contributed by atoms with Crippen LogP contribution in [-0.2, 0) is 11.2 Å². The van der Waals surface area contributed by atoms with E-state index < -0.39 is 0 Å². The third-order valence-corrected chi connectivity index (χ3v) is 7.11. The monoisotopic (exact) mass is 526 g/mol. The van der Waals surface area contributed by atoms with Crippen molar-refractivity contribution >= 4 is 34.1 Å². The van der Waals surface area contributed by atoms with Gasteiger partial charge in [0.25, 0.3) is 0 Å². The Morgan fingerprint density at radius 1 is 1.00 bits per heavy atom. The van der Waals surface area contributed by atoms with Crippen molar-refractivity contribution in [3.63, 3.8) is 0 Å². The first-order chi connectivity index (χ1) is 17.5. The normalized spacial score (nSPS) is 10.8. The van der Waals surface area contributed by atoms with Crippen molar-refractivity contribution in [3.05, 3.63) is 47.0 Å². The van der Waals surface area contributed by atoms with Crippen LogP contribution in [0.1, 0.15) is 17.5 Å². The minimum atomic E-state index is -0.202. The molecule has 10 nitrogen and oxygen atoms in total. The van der Waals surface area contributed by atoms with E-state index in [2.05, 4.69) is 25.7 Å². The number of rotatable bonds is 10. The summed E-state index contributed by atoms with van der Waals surface area (Å²) < 4.78 is 18.4. The molecule has 0 unspecified atom stereocenters. The van der Waals surface area contributed by atoms with E-state index in [1.807, 2.05) is 54.8 Å². The maximum absolute atomic E-state index is 12.6. The number of hydrogen-bond donors (Lipinski definition) is 1. The van der Waals surface area contributed by atoms with Crippen molar-refractivity contribution < 1.29 is 19.0 Å². The number of aryl methyl sites for hydroxylation is 2. The predicted molar refractivity (Wildman–Crippen MR) is 140 cm³/mol. The van der Waals surface area contributed by atoms with Crippen LogP contribution < -0.4 is 19.5 Å². The van der Waals surface area contributed by atoms with Gasteiger partial charge in [-0.1, -0.05) is 47.7 Å². The number of methoxy groups -OCH3 is 3. The summed E-state index contributed by atoms with van der Waals surface area (Å²) in [5.41, 5.74) is 2.70. The summed E-state index contributed by atoms with van der Waals surface area (Å²) in [7, 11) is 4.68. The molecule has 4 rings (SSSR count). The van der Waals surface area contributed by atoms with Gasteiger partial charge in [-0.3, -0.25) is 14.7 Å². The van der Waals surface area contributed by atoms with E-state index in [1.165, 1.54) is 23.1 Å². The smallest absolute Gasteiger partial charge is 0.236 e. The molecule has 0 aliphatic heterocycles. The fraction of sp³-hybridized carbons (Fsp3) is 0.292. The Hall–Kier alpha value is -3.64. The minimum absolute atomic E-state index is 0.125. The number of anilines is 1. The number of amides is 1. The van der Waals surface area contributed by atoms with Crippen LogP contribution in [0.5, 0.6) is 17.2 Å². The lowest BCUT2D eigenvalue weighted by Gasteiger charge is -2.15. The maximum atomic E-state index is 12.6. The number of hydrogen-bond acceptors (Lipinski definition) is 10. The molecule has 36 heavy (non-hydrogen) atoms. The first-order valence-electron chi connectivity index (χ1n) is 11.0. The van der Waals surface area contributed by atoms with E-state index in [0.717, 1.165) is 28.2 Å². The Morgan fingerprint density at radius 3 is 2.28 bits per heavy atom. The highest BCUT2D eigenvalue weighted by atomic mass is 32.2. The molecule has 0 aliphatic rings. The molecule has 4 aromatic rings. The highest BCUT2D eigenvalue weighted by Gasteiger charge is 2.21. The predicted octanol–water partition coefficient (Wildman–Crippen LogP) is 4.41. The number of carbonyl (C=O) groups is 1. The third kappa shape index (κ3) is 5.44. The molecule has 0 bridgehead atoms. The number of nitrogens with one attached hydrogen (secondary N) is 1. The zero-order valence-corrected chi connectivity index (χ0v) is 22.2. The Kier molecular flexibility index (Phi) is 8.06. The summed E-state index contributed by atoms with van der Waals surface area (Å²) in [6, 6.07) is 11.6. The fourth-order valence-electron chi connectivity index (χ4n) is 3.42. The lowest BCUT2D eigenvalue weighted by Crippen LogP contribution is -2.14. The molecule has 2 heterocycles. The van der Waals surface area contributed by atoms with Gasteiger partial charge in [-0.25, -0.2) is 0 Å². The lowest BCUT2D eigenvalue weighted by atomic mass is 10.1. The lowest BCUT2D eigenvalue weighted by molar-refractivity contribution is -0.113. The minimum Gasteiger partial charge on any atom is -0.493 e. The van der Waals surface area contributed by atoms with Crippen LogP contribution in [0, 0.1) is 6.92 Å². The highest BCUT2D eigenvalue weighted by Crippen LogP contribution is 2.41. The number of carbonyl (C=O) groups excluding carboxylic acids is 1. The molecule has 0 aliphatic carbocycles. The van der Waals surface area contributed by atoms with Crippen molar-refractivity contribution in [2.24, 2.45) is 0 Å². The molecule has 1 amide bonds. The van der Waals surface area contributed by atoms with E-state index in [9.17, 15) is 4.79 Å². The van der Waals surface area contributed by atoms with Gasteiger partial charge in [0.05, 0.1) is 27.1 Å². The van der Waals surface area contributed by atoms with E-state index in [-0.39, 0.29) is 11.7 Å². The molecular weight excluding hydrogens is 500 g/mol. The molecule has 2 aromatic carbocycles. The summed E-state index contributed by atoms with van der Waals surface area (Å²) in [6.07, 6.45) is 0.769. The molecule has 0 spiro atoms. The fourth-order valence-corrected chi connectivity index (χ4v) is 4.87. The van der Waals surface area contributed by atoms with Crippen LogP contribution in [0.25, 0.3) is 17.1 Å². The summed E-state index contributed by atoms with van der Waals surface area (Å²) in [4.78, 5) is 12.6. The zero-order valence-electron chi connectivity index (χ0n) is 20.6. The van der Waals surface area contributed by atoms with Gasteiger partial charge in [-0.2, -0.15) is 0 Å². The molecule has 1 N–H and O–H groups in total. The average molecular weight is 527 g/mol. The van der Waals surface area contributed by atoms with Gasteiger partial charge in [0.1, 0.15) is 5.01 Å². The summed E-state index contributed by atoms with van der Waals surface area (Å²) in [5.74, 6) is 1.98. The second-order valence-electron chi connectivity index (χ2n) is 7.58. The second kappa shape index (κ2) is 11.4. The van der Waals surface area contributed by atoms with Gasteiger partial charge < -0.3 is 14.2 Å². The topological polar surface area (TPSA) is 113 Å². The molecule has 0 atom stereocenters. The first kappa shape index (κ1) is 25.5. The molecule has 0 saturated carbocycles. The molecule has 12 heteroatoms. The van der Waals surface area contributed by atoms with E-state index in [1.54, 1.807) is 21.3 Å². The maximum Gasteiger partial charge on any atom is 0.236 e. The number of ether oxygens (including phenoxy) is 3. The Labute approximate surface area is 217 Å². The third-order valence-electron chi connectivity index (χ3n) is 5.20. The van der Waals surface area contributed by atoms with Crippen LogP contribution in [0.2, 0.25) is 0 Å². The summed E-state index contributed by atoms with van der Waals surface area (Å²) in [6.45, 7) is 4.01. The molecule has 0 saturated heterocycles. The standard InChI is InChI=1S/C24H26N6O4S2/c1-6-20-26-28-23(36-20)25-19(31)13-35-24-29-27-22(30(24)16-9-7-14(2)8-10-16)15-11-17(32-3)21(34-5)18(12-15)33-4/h7-12H,6,13H2,1-5H3,(H,25,28,31). The molecule has 2 aromatic heterocycles.